The molecule has 0 aliphatic heterocycles. The van der Waals surface area contributed by atoms with E-state index in [1.54, 1.807) is 29.1 Å². The quantitative estimate of drug-likeness (QED) is 0.888. The van der Waals surface area contributed by atoms with Crippen molar-refractivity contribution in [3.8, 4) is 0 Å². The minimum Gasteiger partial charge on any atom is -0.326 e. The molecule has 0 amide bonds. The van der Waals surface area contributed by atoms with Crippen molar-refractivity contribution in [2.75, 3.05) is 0 Å². The molecule has 1 aromatic carbocycles. The monoisotopic (exact) mass is 249 g/mol. The lowest BCUT2D eigenvalue weighted by atomic mass is 10.1. The summed E-state index contributed by atoms with van der Waals surface area (Å²) in [5, 5.41) is 0. The molecule has 0 aliphatic rings. The minimum atomic E-state index is -0.316. The summed E-state index contributed by atoms with van der Waals surface area (Å²) in [5.74, 6) is -0.316. The zero-order chi connectivity index (χ0) is 13.1. The molecule has 0 fully saturated rings. The van der Waals surface area contributed by atoms with Crippen molar-refractivity contribution < 1.29 is 4.39 Å². The van der Waals surface area contributed by atoms with Gasteiger partial charge in [-0.15, -0.1) is 0 Å². The van der Waals surface area contributed by atoms with Gasteiger partial charge in [-0.25, -0.2) is 9.18 Å². The molecule has 1 heterocycles. The van der Waals surface area contributed by atoms with Crippen LogP contribution in [0, 0.1) is 5.82 Å². The molecule has 0 saturated carbocycles. The van der Waals surface area contributed by atoms with E-state index in [0.29, 0.717) is 18.7 Å². The molecule has 0 bridgehead atoms. The molecule has 0 radical (unpaired) electrons. The highest BCUT2D eigenvalue weighted by atomic mass is 19.1. The molecule has 0 aliphatic carbocycles. The maximum atomic E-state index is 13.6. The number of hydrogen-bond donors (Lipinski definition) is 1. The van der Waals surface area contributed by atoms with Crippen LogP contribution in [0.25, 0.3) is 0 Å². The zero-order valence-electron chi connectivity index (χ0n) is 10.3. The van der Waals surface area contributed by atoms with Gasteiger partial charge in [0, 0.05) is 31.0 Å². The number of nitrogens with two attached hydrogens (primary N) is 1. The van der Waals surface area contributed by atoms with Crippen molar-refractivity contribution in [1.29, 1.82) is 0 Å². The Morgan fingerprint density at radius 1 is 1.28 bits per heavy atom. The Labute approximate surface area is 104 Å². The Balaban J connectivity index is 2.33. The molecule has 0 saturated heterocycles. The number of imidazole rings is 1. The summed E-state index contributed by atoms with van der Waals surface area (Å²) >= 11 is 0. The van der Waals surface area contributed by atoms with Crippen molar-refractivity contribution in [1.82, 2.24) is 9.13 Å². The van der Waals surface area contributed by atoms with Gasteiger partial charge in [-0.05, 0) is 24.6 Å². The van der Waals surface area contributed by atoms with Gasteiger partial charge in [-0.3, -0.25) is 9.13 Å². The molecule has 18 heavy (non-hydrogen) atoms. The van der Waals surface area contributed by atoms with E-state index in [0.717, 1.165) is 5.56 Å². The number of nitrogens with zero attached hydrogens (tertiary/aromatic N) is 2. The Morgan fingerprint density at radius 3 is 2.61 bits per heavy atom. The van der Waals surface area contributed by atoms with Crippen LogP contribution in [0.3, 0.4) is 0 Å². The van der Waals surface area contributed by atoms with Gasteiger partial charge in [-0.2, -0.15) is 0 Å². The molecule has 2 N–H and O–H groups in total. The van der Waals surface area contributed by atoms with E-state index in [4.69, 9.17) is 5.73 Å². The molecule has 2 rings (SSSR count). The van der Waals surface area contributed by atoms with Gasteiger partial charge >= 0.3 is 5.69 Å². The third-order valence-corrected chi connectivity index (χ3v) is 2.95. The minimum absolute atomic E-state index is 0.130. The fraction of sp³-hybridized carbons (Fsp3) is 0.308. The maximum Gasteiger partial charge on any atom is 0.328 e. The Morgan fingerprint density at radius 2 is 2.00 bits per heavy atom. The van der Waals surface area contributed by atoms with Crippen molar-refractivity contribution in [3.63, 3.8) is 0 Å². The van der Waals surface area contributed by atoms with Gasteiger partial charge in [0.1, 0.15) is 5.82 Å². The Kier molecular flexibility index (Phi) is 3.62. The standard InChI is InChI=1S/C13H16FN3O/c1-2-16-5-6-17(13(16)18)9-11-7-10(8-15)3-4-12(11)14/h3-7H,2,8-9,15H2,1H3. The first-order chi connectivity index (χ1) is 8.65. The zero-order valence-corrected chi connectivity index (χ0v) is 10.3. The van der Waals surface area contributed by atoms with Gasteiger partial charge in [0.2, 0.25) is 0 Å². The highest BCUT2D eigenvalue weighted by Gasteiger charge is 2.07. The van der Waals surface area contributed by atoms with Gasteiger partial charge in [0.15, 0.2) is 0 Å². The van der Waals surface area contributed by atoms with Crippen LogP contribution < -0.4 is 11.4 Å². The first kappa shape index (κ1) is 12.6. The predicted molar refractivity (Wildman–Crippen MR) is 67.8 cm³/mol. The van der Waals surface area contributed by atoms with Crippen LogP contribution in [0.2, 0.25) is 0 Å². The highest BCUT2D eigenvalue weighted by molar-refractivity contribution is 5.25. The largest absolute Gasteiger partial charge is 0.328 e. The first-order valence-corrected chi connectivity index (χ1v) is 5.88. The summed E-state index contributed by atoms with van der Waals surface area (Å²) in [6, 6.07) is 4.74. The lowest BCUT2D eigenvalue weighted by molar-refractivity contribution is 0.589. The summed E-state index contributed by atoms with van der Waals surface area (Å²) < 4.78 is 16.7. The Hall–Kier alpha value is -1.88. The van der Waals surface area contributed by atoms with Gasteiger partial charge in [-0.1, -0.05) is 6.07 Å². The van der Waals surface area contributed by atoms with Crippen LogP contribution in [0.5, 0.6) is 0 Å². The second-order valence-corrected chi connectivity index (χ2v) is 4.12. The second kappa shape index (κ2) is 5.18. The van der Waals surface area contributed by atoms with Gasteiger partial charge in [0.25, 0.3) is 0 Å². The number of halogens is 1. The molecule has 5 heteroatoms. The molecular weight excluding hydrogens is 233 g/mol. The van der Waals surface area contributed by atoms with Crippen LogP contribution in [0.15, 0.2) is 35.4 Å². The lowest BCUT2D eigenvalue weighted by Crippen LogP contribution is -2.24. The number of rotatable bonds is 4. The molecule has 0 unspecified atom stereocenters. The van der Waals surface area contributed by atoms with E-state index in [1.165, 1.54) is 10.6 Å². The molecule has 2 aromatic rings. The summed E-state index contributed by atoms with van der Waals surface area (Å²) in [5.41, 5.74) is 6.73. The number of hydrogen-bond acceptors (Lipinski definition) is 2. The lowest BCUT2D eigenvalue weighted by Gasteiger charge is -2.06. The van der Waals surface area contributed by atoms with E-state index >= 15 is 0 Å². The average molecular weight is 249 g/mol. The van der Waals surface area contributed by atoms with E-state index < -0.39 is 0 Å². The maximum absolute atomic E-state index is 13.6. The first-order valence-electron chi connectivity index (χ1n) is 5.88. The fourth-order valence-corrected chi connectivity index (χ4v) is 1.87. The summed E-state index contributed by atoms with van der Waals surface area (Å²) in [4.78, 5) is 11.8. The van der Waals surface area contributed by atoms with E-state index in [2.05, 4.69) is 0 Å². The number of benzene rings is 1. The van der Waals surface area contributed by atoms with Crippen LogP contribution in [0.1, 0.15) is 18.1 Å². The van der Waals surface area contributed by atoms with Crippen molar-refractivity contribution >= 4 is 0 Å². The number of aromatic nitrogens is 2. The van der Waals surface area contributed by atoms with Crippen LogP contribution >= 0.6 is 0 Å². The van der Waals surface area contributed by atoms with Crippen LogP contribution in [-0.2, 0) is 19.6 Å². The summed E-state index contributed by atoms with van der Waals surface area (Å²) in [7, 11) is 0. The fourth-order valence-electron chi connectivity index (χ4n) is 1.87. The molecular formula is C13H16FN3O. The normalized spacial score (nSPS) is 10.8. The molecule has 0 atom stereocenters. The van der Waals surface area contributed by atoms with Crippen molar-refractivity contribution in [3.05, 3.63) is 58.0 Å². The SMILES string of the molecule is CCn1ccn(Cc2cc(CN)ccc2F)c1=O. The molecule has 0 spiro atoms. The van der Waals surface area contributed by atoms with E-state index in [9.17, 15) is 9.18 Å². The van der Waals surface area contributed by atoms with E-state index in [1.807, 2.05) is 6.92 Å². The Bertz CT molecular complexity index is 601. The van der Waals surface area contributed by atoms with Crippen LogP contribution in [0.4, 0.5) is 4.39 Å². The van der Waals surface area contributed by atoms with E-state index in [-0.39, 0.29) is 18.1 Å². The van der Waals surface area contributed by atoms with Crippen LogP contribution in [-0.4, -0.2) is 9.13 Å². The topological polar surface area (TPSA) is 52.9 Å². The smallest absolute Gasteiger partial charge is 0.326 e. The second-order valence-electron chi connectivity index (χ2n) is 4.12. The summed E-state index contributed by atoms with van der Waals surface area (Å²) in [6.07, 6.45) is 3.37. The molecule has 4 nitrogen and oxygen atoms in total. The van der Waals surface area contributed by atoms with Gasteiger partial charge < -0.3 is 5.73 Å². The summed E-state index contributed by atoms with van der Waals surface area (Å²) in [6.45, 7) is 3.09. The molecule has 96 valence electrons. The third-order valence-electron chi connectivity index (χ3n) is 2.95. The predicted octanol–water partition coefficient (Wildman–Crippen LogP) is 1.32. The average Bonchev–Trinajstić information content (AvgIpc) is 2.73. The highest BCUT2D eigenvalue weighted by Crippen LogP contribution is 2.11. The molecule has 1 aromatic heterocycles. The van der Waals surface area contributed by atoms with Crippen molar-refractivity contribution in [2.45, 2.75) is 26.6 Å². The van der Waals surface area contributed by atoms with Gasteiger partial charge in [0.05, 0.1) is 6.54 Å². The third kappa shape index (κ3) is 2.36. The van der Waals surface area contributed by atoms with Crippen molar-refractivity contribution in [2.24, 2.45) is 5.73 Å². The number of aryl methyl sites for hydroxylation is 1.